The smallest absolute Gasteiger partial charge is 0.313 e. The van der Waals surface area contributed by atoms with Crippen LogP contribution in [0.1, 0.15) is 72.6 Å². The number of carboxylic acid groups (broad SMARTS) is 1. The zero-order valence-electron chi connectivity index (χ0n) is 20.4. The summed E-state index contributed by atoms with van der Waals surface area (Å²) in [5.74, 6) is 1.97. The molecule has 0 radical (unpaired) electrons. The molecule has 0 aromatic heterocycles. The summed E-state index contributed by atoms with van der Waals surface area (Å²) in [5.41, 5.74) is 3.13. The number of allylic oxidation sites excluding steroid dienone is 1. The first-order chi connectivity index (χ1) is 15.7. The number of carbonyl (C=O) groups is 2. The Morgan fingerprint density at radius 3 is 2.24 bits per heavy atom. The van der Waals surface area contributed by atoms with Crippen LogP contribution < -0.4 is 4.74 Å². The van der Waals surface area contributed by atoms with Gasteiger partial charge in [0, 0.05) is 11.3 Å². The Hall–Kier alpha value is -2.53. The number of rotatable bonds is 13. The zero-order valence-corrected chi connectivity index (χ0v) is 21.3. The lowest BCUT2D eigenvalue weighted by Crippen LogP contribution is -2.30. The predicted molar refractivity (Wildman–Crippen MR) is 139 cm³/mol. The number of carbonyl (C=O) groups excluding carboxylic acids is 1. The maximum Gasteiger partial charge on any atom is 0.313 e. The second-order valence-electron chi connectivity index (χ2n) is 8.85. The third-order valence-electron chi connectivity index (χ3n) is 5.67. The van der Waals surface area contributed by atoms with Crippen LogP contribution in [0.2, 0.25) is 0 Å². The van der Waals surface area contributed by atoms with Crippen molar-refractivity contribution in [1.29, 1.82) is 0 Å². The van der Waals surface area contributed by atoms with Gasteiger partial charge in [0.25, 0.3) is 0 Å². The van der Waals surface area contributed by atoms with Crippen LogP contribution in [0, 0.1) is 13.8 Å². The van der Waals surface area contributed by atoms with Gasteiger partial charge in [-0.05, 0) is 92.5 Å². The molecule has 1 N–H and O–H groups in total. The van der Waals surface area contributed by atoms with Gasteiger partial charge in [-0.1, -0.05) is 38.0 Å². The number of hydrogen-bond acceptors (Lipinski definition) is 4. The van der Waals surface area contributed by atoms with Crippen molar-refractivity contribution in [1.82, 2.24) is 0 Å². The average Bonchev–Trinajstić information content (AvgIpc) is 2.76. The van der Waals surface area contributed by atoms with E-state index in [2.05, 4.69) is 6.92 Å². The highest BCUT2D eigenvalue weighted by Gasteiger charge is 2.32. The highest BCUT2D eigenvalue weighted by molar-refractivity contribution is 7.99. The van der Waals surface area contributed by atoms with Crippen LogP contribution in [0.15, 0.2) is 42.5 Å². The van der Waals surface area contributed by atoms with E-state index in [0.717, 1.165) is 33.8 Å². The van der Waals surface area contributed by atoms with Crippen molar-refractivity contribution in [2.24, 2.45) is 0 Å². The van der Waals surface area contributed by atoms with Crippen molar-refractivity contribution in [2.75, 3.05) is 18.1 Å². The molecule has 5 heteroatoms. The van der Waals surface area contributed by atoms with E-state index in [4.69, 9.17) is 4.74 Å². The third kappa shape index (κ3) is 7.78. The van der Waals surface area contributed by atoms with Crippen molar-refractivity contribution in [3.8, 4) is 5.75 Å². The number of benzene rings is 2. The molecule has 0 heterocycles. The first kappa shape index (κ1) is 26.7. The highest BCUT2D eigenvalue weighted by atomic mass is 32.2. The minimum absolute atomic E-state index is 0.0849. The molecule has 0 atom stereocenters. The Morgan fingerprint density at radius 1 is 1.03 bits per heavy atom. The van der Waals surface area contributed by atoms with Crippen molar-refractivity contribution >= 4 is 29.6 Å². The van der Waals surface area contributed by atoms with E-state index in [1.54, 1.807) is 38.1 Å². The Morgan fingerprint density at radius 2 is 1.67 bits per heavy atom. The van der Waals surface area contributed by atoms with Crippen LogP contribution >= 0.6 is 11.8 Å². The zero-order chi connectivity index (χ0) is 24.4. The van der Waals surface area contributed by atoms with Gasteiger partial charge in [-0.3, -0.25) is 9.59 Å². The van der Waals surface area contributed by atoms with E-state index in [1.165, 1.54) is 25.0 Å². The van der Waals surface area contributed by atoms with Gasteiger partial charge >= 0.3 is 5.97 Å². The Kier molecular flexibility index (Phi) is 10.2. The molecule has 0 amide bonds. The fraction of sp³-hybridized carbons (Fsp3) is 0.429. The quantitative estimate of drug-likeness (QED) is 0.198. The first-order valence-corrected chi connectivity index (χ1v) is 12.7. The van der Waals surface area contributed by atoms with Crippen molar-refractivity contribution in [3.63, 3.8) is 0 Å². The molecule has 0 aliphatic heterocycles. The minimum Gasteiger partial charge on any atom is -0.493 e. The first-order valence-electron chi connectivity index (χ1n) is 11.5. The predicted octanol–water partition coefficient (Wildman–Crippen LogP) is 6.86. The lowest BCUT2D eigenvalue weighted by atomic mass is 9.79. The summed E-state index contributed by atoms with van der Waals surface area (Å²) in [6.45, 7) is 10.1. The Labute approximate surface area is 202 Å². The SMILES string of the molecule is CCCCCSCCOc1ccc(C(=O)C=Cc2cc(C)c(C(C)(C)C(=O)O)c(C)c2)cc1. The standard InChI is InChI=1S/C28H36O4S/c1-6-7-8-16-33-17-15-32-24-12-10-23(11-13-24)25(29)14-9-22-18-20(2)26(21(3)19-22)28(4,5)27(30)31/h9-14,18-19H,6-8,15-17H2,1-5H3,(H,30,31). The highest BCUT2D eigenvalue weighted by Crippen LogP contribution is 2.31. The summed E-state index contributed by atoms with van der Waals surface area (Å²) < 4.78 is 5.77. The Bertz CT molecular complexity index is 951. The summed E-state index contributed by atoms with van der Waals surface area (Å²) in [6.07, 6.45) is 7.12. The summed E-state index contributed by atoms with van der Waals surface area (Å²) in [5, 5.41) is 9.57. The summed E-state index contributed by atoms with van der Waals surface area (Å²) in [7, 11) is 0. The van der Waals surface area contributed by atoms with Gasteiger partial charge < -0.3 is 9.84 Å². The lowest BCUT2D eigenvalue weighted by molar-refractivity contribution is -0.142. The molecule has 0 saturated heterocycles. The number of hydrogen-bond donors (Lipinski definition) is 1. The number of carboxylic acids is 1. The van der Waals surface area contributed by atoms with E-state index in [0.29, 0.717) is 12.2 Å². The van der Waals surface area contributed by atoms with Crippen LogP contribution in [0.25, 0.3) is 6.08 Å². The summed E-state index contributed by atoms with van der Waals surface area (Å²) in [6, 6.07) is 11.1. The second-order valence-corrected chi connectivity index (χ2v) is 10.1. The number of ether oxygens (including phenoxy) is 1. The van der Waals surface area contributed by atoms with Gasteiger partial charge in [0.15, 0.2) is 5.78 Å². The normalized spacial score (nSPS) is 11.7. The molecule has 4 nitrogen and oxygen atoms in total. The number of aliphatic carboxylic acids is 1. The van der Waals surface area contributed by atoms with Gasteiger partial charge in [0.05, 0.1) is 12.0 Å². The molecule has 0 saturated carbocycles. The molecule has 0 spiro atoms. The third-order valence-corrected chi connectivity index (χ3v) is 6.70. The molecule has 0 aliphatic carbocycles. The van der Waals surface area contributed by atoms with E-state index >= 15 is 0 Å². The van der Waals surface area contributed by atoms with Gasteiger partial charge in [0.1, 0.15) is 5.75 Å². The molecular formula is C28H36O4S. The second kappa shape index (κ2) is 12.6. The fourth-order valence-electron chi connectivity index (χ4n) is 3.94. The molecular weight excluding hydrogens is 432 g/mol. The summed E-state index contributed by atoms with van der Waals surface area (Å²) in [4.78, 5) is 24.3. The summed E-state index contributed by atoms with van der Waals surface area (Å²) >= 11 is 1.91. The van der Waals surface area contributed by atoms with E-state index in [-0.39, 0.29) is 5.78 Å². The molecule has 33 heavy (non-hydrogen) atoms. The molecule has 0 aliphatic rings. The van der Waals surface area contributed by atoms with Gasteiger partial charge in [-0.25, -0.2) is 0 Å². The number of unbranched alkanes of at least 4 members (excludes halogenated alkanes) is 2. The molecule has 0 fully saturated rings. The fourth-order valence-corrected chi connectivity index (χ4v) is 4.76. The van der Waals surface area contributed by atoms with E-state index in [9.17, 15) is 14.7 Å². The largest absolute Gasteiger partial charge is 0.493 e. The van der Waals surface area contributed by atoms with Gasteiger partial charge in [0.2, 0.25) is 0 Å². The number of aryl methyl sites for hydroxylation is 2. The number of thioether (sulfide) groups is 1. The molecule has 2 rings (SSSR count). The van der Waals surface area contributed by atoms with Crippen LogP contribution in [0.4, 0.5) is 0 Å². The molecule has 0 bridgehead atoms. The van der Waals surface area contributed by atoms with Crippen LogP contribution in [-0.4, -0.2) is 35.0 Å². The maximum atomic E-state index is 12.6. The van der Waals surface area contributed by atoms with Gasteiger partial charge in [-0.2, -0.15) is 11.8 Å². The van der Waals surface area contributed by atoms with Gasteiger partial charge in [-0.15, -0.1) is 0 Å². The van der Waals surface area contributed by atoms with Crippen molar-refractivity contribution in [3.05, 3.63) is 70.3 Å². The monoisotopic (exact) mass is 468 g/mol. The van der Waals surface area contributed by atoms with Crippen molar-refractivity contribution < 1.29 is 19.4 Å². The number of ketones is 1. The van der Waals surface area contributed by atoms with E-state index in [1.807, 2.05) is 49.9 Å². The molecule has 178 valence electrons. The molecule has 2 aromatic rings. The maximum absolute atomic E-state index is 12.6. The topological polar surface area (TPSA) is 63.6 Å². The molecule has 0 unspecified atom stereocenters. The molecule has 2 aromatic carbocycles. The average molecular weight is 469 g/mol. The Balaban J connectivity index is 1.96. The van der Waals surface area contributed by atoms with Crippen LogP contribution in [0.3, 0.4) is 0 Å². The van der Waals surface area contributed by atoms with Crippen LogP contribution in [-0.2, 0) is 10.2 Å². The minimum atomic E-state index is -0.968. The van der Waals surface area contributed by atoms with Crippen LogP contribution in [0.5, 0.6) is 5.75 Å². The van der Waals surface area contributed by atoms with E-state index < -0.39 is 11.4 Å². The lowest BCUT2D eigenvalue weighted by Gasteiger charge is -2.25. The van der Waals surface area contributed by atoms with Crippen molar-refractivity contribution in [2.45, 2.75) is 59.3 Å².